The summed E-state index contributed by atoms with van der Waals surface area (Å²) >= 11 is 3.81. The summed E-state index contributed by atoms with van der Waals surface area (Å²) in [5, 5.41) is 5.87. The van der Waals surface area contributed by atoms with Crippen LogP contribution >= 0.6 is 22.7 Å². The average Bonchev–Trinajstić information content (AvgIpc) is 3.69. The van der Waals surface area contributed by atoms with Crippen LogP contribution in [0.5, 0.6) is 0 Å². The van der Waals surface area contributed by atoms with Gasteiger partial charge in [0.1, 0.15) is 0 Å². The van der Waals surface area contributed by atoms with Crippen LogP contribution in [0.25, 0.3) is 52.2 Å². The van der Waals surface area contributed by atoms with E-state index >= 15 is 0 Å². The van der Waals surface area contributed by atoms with Crippen molar-refractivity contribution in [3.8, 4) is 30.6 Å². The van der Waals surface area contributed by atoms with Crippen LogP contribution in [0.3, 0.4) is 0 Å². The molecule has 40 heavy (non-hydrogen) atoms. The molecular formula is C38H38S2. The highest BCUT2D eigenvalue weighted by Gasteiger charge is 2.16. The van der Waals surface area contributed by atoms with Gasteiger partial charge in [0.25, 0.3) is 0 Å². The van der Waals surface area contributed by atoms with Crippen molar-refractivity contribution in [3.63, 3.8) is 0 Å². The van der Waals surface area contributed by atoms with Crippen molar-refractivity contribution >= 4 is 44.2 Å². The van der Waals surface area contributed by atoms with E-state index in [9.17, 15) is 0 Å². The maximum absolute atomic E-state index is 2.51. The van der Waals surface area contributed by atoms with Crippen LogP contribution in [0.2, 0.25) is 0 Å². The first-order valence-corrected chi connectivity index (χ1v) is 16.6. The number of unbranched alkanes of at least 4 members (excludes halogenated alkanes) is 4. The van der Waals surface area contributed by atoms with E-state index < -0.39 is 0 Å². The molecule has 2 heterocycles. The molecule has 0 saturated heterocycles. The Balaban J connectivity index is 1.42. The van der Waals surface area contributed by atoms with Crippen LogP contribution < -0.4 is 0 Å². The summed E-state index contributed by atoms with van der Waals surface area (Å²) in [5.74, 6) is 0. The van der Waals surface area contributed by atoms with Crippen molar-refractivity contribution in [3.05, 3.63) is 108 Å². The Kier molecular flexibility index (Phi) is 8.46. The van der Waals surface area contributed by atoms with Gasteiger partial charge in [-0.25, -0.2) is 0 Å². The van der Waals surface area contributed by atoms with E-state index in [-0.39, 0.29) is 0 Å². The van der Waals surface area contributed by atoms with Crippen LogP contribution in [-0.2, 0) is 12.8 Å². The predicted molar refractivity (Wildman–Crippen MR) is 180 cm³/mol. The fourth-order valence-electron chi connectivity index (χ4n) is 6.01. The Bertz CT molecular complexity index is 1720. The van der Waals surface area contributed by atoms with Crippen molar-refractivity contribution < 1.29 is 0 Å². The molecule has 0 bridgehead atoms. The molecule has 0 N–H and O–H groups in total. The van der Waals surface area contributed by atoms with Crippen molar-refractivity contribution in [2.24, 2.45) is 0 Å². The van der Waals surface area contributed by atoms with Gasteiger partial charge in [0.2, 0.25) is 0 Å². The molecular weight excluding hydrogens is 521 g/mol. The molecule has 2 aromatic heterocycles. The first kappa shape index (κ1) is 27.0. The third-order valence-electron chi connectivity index (χ3n) is 8.11. The number of hydrogen-bond donors (Lipinski definition) is 0. The summed E-state index contributed by atoms with van der Waals surface area (Å²) in [4.78, 5) is 5.38. The molecule has 2 heteroatoms. The summed E-state index contributed by atoms with van der Waals surface area (Å²) in [5.41, 5.74) is 5.73. The molecule has 0 fully saturated rings. The fraction of sp³-hybridized carbons (Fsp3) is 0.263. The van der Waals surface area contributed by atoms with Gasteiger partial charge in [0.15, 0.2) is 0 Å². The van der Waals surface area contributed by atoms with E-state index in [0.29, 0.717) is 0 Å². The minimum atomic E-state index is 1.15. The van der Waals surface area contributed by atoms with E-state index in [1.807, 2.05) is 22.7 Å². The van der Waals surface area contributed by atoms with Crippen molar-refractivity contribution in [2.75, 3.05) is 0 Å². The maximum Gasteiger partial charge on any atom is 0.0449 e. The number of hydrogen-bond acceptors (Lipinski definition) is 2. The zero-order valence-electron chi connectivity index (χ0n) is 23.7. The lowest BCUT2D eigenvalue weighted by molar-refractivity contribution is 0.719. The van der Waals surface area contributed by atoms with Gasteiger partial charge in [-0.3, -0.25) is 0 Å². The van der Waals surface area contributed by atoms with Crippen molar-refractivity contribution in [2.45, 2.75) is 65.2 Å². The van der Waals surface area contributed by atoms with Gasteiger partial charge in [-0.15, -0.1) is 22.7 Å². The fourth-order valence-corrected chi connectivity index (χ4v) is 8.11. The van der Waals surface area contributed by atoms with Gasteiger partial charge in [0.05, 0.1) is 0 Å². The third-order valence-corrected chi connectivity index (χ3v) is 10.6. The van der Waals surface area contributed by atoms with Gasteiger partial charge in [-0.1, -0.05) is 106 Å². The van der Waals surface area contributed by atoms with Gasteiger partial charge in [-0.2, -0.15) is 0 Å². The Morgan fingerprint density at radius 3 is 1.52 bits per heavy atom. The van der Waals surface area contributed by atoms with Gasteiger partial charge in [0, 0.05) is 19.5 Å². The molecule has 0 radical (unpaired) electrons. The number of thiophene rings is 2. The summed E-state index contributed by atoms with van der Waals surface area (Å²) in [7, 11) is 0. The highest BCUT2D eigenvalue weighted by Crippen LogP contribution is 2.42. The summed E-state index contributed by atoms with van der Waals surface area (Å²) < 4.78 is 0. The first-order chi connectivity index (χ1) is 19.8. The van der Waals surface area contributed by atoms with Crippen molar-refractivity contribution in [1.29, 1.82) is 0 Å². The normalized spacial score (nSPS) is 11.6. The quantitative estimate of drug-likeness (QED) is 0.110. The molecule has 0 unspecified atom stereocenters. The second-order valence-corrected chi connectivity index (χ2v) is 13.0. The van der Waals surface area contributed by atoms with E-state index in [4.69, 9.17) is 0 Å². The van der Waals surface area contributed by atoms with Crippen LogP contribution in [0.15, 0.2) is 97.1 Å². The lowest BCUT2D eigenvalue weighted by atomic mass is 9.86. The SMILES string of the molecule is CCCCCc1c2ccccc2c(CCCCC)c2cc(-c3ccc(-c4ccc(-c5ccccc5)s4)s3)ccc12. The molecule has 0 nitrogen and oxygen atoms in total. The third kappa shape index (κ3) is 5.53. The van der Waals surface area contributed by atoms with E-state index in [1.165, 1.54) is 90.7 Å². The minimum Gasteiger partial charge on any atom is -0.134 e. The average molecular weight is 559 g/mol. The summed E-state index contributed by atoms with van der Waals surface area (Å²) in [6.07, 6.45) is 9.90. The number of benzene rings is 4. The first-order valence-electron chi connectivity index (χ1n) is 15.0. The van der Waals surface area contributed by atoms with Crippen LogP contribution in [0.1, 0.15) is 63.5 Å². The zero-order valence-corrected chi connectivity index (χ0v) is 25.3. The topological polar surface area (TPSA) is 0 Å². The molecule has 6 aromatic rings. The monoisotopic (exact) mass is 558 g/mol. The Hall–Kier alpha value is -3.20. The maximum atomic E-state index is 2.51. The molecule has 0 aliphatic carbocycles. The Morgan fingerprint density at radius 2 is 0.925 bits per heavy atom. The predicted octanol–water partition coefficient (Wildman–Crippen LogP) is 12.6. The van der Waals surface area contributed by atoms with Crippen LogP contribution in [0.4, 0.5) is 0 Å². The van der Waals surface area contributed by atoms with E-state index in [2.05, 4.69) is 111 Å². The molecule has 0 saturated carbocycles. The van der Waals surface area contributed by atoms with E-state index in [1.54, 1.807) is 11.1 Å². The number of rotatable bonds is 11. The molecule has 202 valence electrons. The summed E-state index contributed by atoms with van der Waals surface area (Å²) in [6.45, 7) is 4.60. The smallest absolute Gasteiger partial charge is 0.0449 e. The van der Waals surface area contributed by atoms with Crippen LogP contribution in [-0.4, -0.2) is 0 Å². The highest BCUT2D eigenvalue weighted by molar-refractivity contribution is 7.25. The Morgan fingerprint density at radius 1 is 0.425 bits per heavy atom. The summed E-state index contributed by atoms with van der Waals surface area (Å²) in [6, 6.07) is 36.4. The molecule has 4 aromatic carbocycles. The van der Waals surface area contributed by atoms with Crippen LogP contribution in [0, 0.1) is 0 Å². The zero-order chi connectivity index (χ0) is 27.3. The molecule has 0 aliphatic heterocycles. The van der Waals surface area contributed by atoms with Crippen molar-refractivity contribution in [1.82, 2.24) is 0 Å². The standard InChI is InChI=1S/C38H38S2/c1-3-5-8-16-31-29-18-12-13-19-30(29)32(17-9-6-4-2)34-26-28(20-21-33(31)34)36-23-25-38(40-36)37-24-22-35(39-37)27-14-10-7-11-15-27/h7,10-15,18-26H,3-6,8-9,16-17H2,1-2H3. The van der Waals surface area contributed by atoms with E-state index in [0.717, 1.165) is 12.8 Å². The molecule has 6 rings (SSSR count). The Labute approximate surface area is 247 Å². The molecule has 0 aliphatic rings. The molecule has 0 spiro atoms. The molecule has 0 amide bonds. The highest BCUT2D eigenvalue weighted by atomic mass is 32.1. The minimum absolute atomic E-state index is 1.15. The molecule has 0 atom stereocenters. The van der Waals surface area contributed by atoms with Gasteiger partial charge in [-0.05, 0) is 99.8 Å². The largest absolute Gasteiger partial charge is 0.134 e. The van der Waals surface area contributed by atoms with Gasteiger partial charge >= 0.3 is 0 Å². The lowest BCUT2D eigenvalue weighted by Crippen LogP contribution is -1.97. The second kappa shape index (κ2) is 12.5. The number of aryl methyl sites for hydroxylation is 2. The van der Waals surface area contributed by atoms with Gasteiger partial charge < -0.3 is 0 Å². The number of fused-ring (bicyclic) bond motifs is 2. The lowest BCUT2D eigenvalue weighted by Gasteiger charge is -2.18. The second-order valence-electron chi connectivity index (χ2n) is 10.9.